The topological polar surface area (TPSA) is 147 Å². The van der Waals surface area contributed by atoms with Gasteiger partial charge >= 0.3 is 0 Å². The number of carbonyl (C=O) groups excluding carboxylic acids is 4. The summed E-state index contributed by atoms with van der Waals surface area (Å²) < 4.78 is 5.97. The number of ether oxygens (including phenoxy) is 1. The summed E-state index contributed by atoms with van der Waals surface area (Å²) in [6.45, 7) is 2.04. The van der Waals surface area contributed by atoms with Gasteiger partial charge in [0.25, 0.3) is 5.69 Å². The van der Waals surface area contributed by atoms with Crippen LogP contribution in [-0.4, -0.2) is 33.7 Å². The van der Waals surface area contributed by atoms with Gasteiger partial charge in [-0.3, -0.25) is 34.2 Å². The molecule has 2 aliphatic carbocycles. The van der Waals surface area contributed by atoms with Crippen molar-refractivity contribution in [2.24, 2.45) is 29.1 Å². The molecule has 2 aliphatic heterocycles. The number of non-ortho nitro benzene ring substituents is 1. The van der Waals surface area contributed by atoms with E-state index >= 15 is 0 Å². The van der Waals surface area contributed by atoms with E-state index < -0.39 is 63.6 Å². The van der Waals surface area contributed by atoms with E-state index in [9.17, 15) is 34.4 Å². The molecule has 4 aromatic rings. The molecule has 6 atom stereocenters. The van der Waals surface area contributed by atoms with Gasteiger partial charge in [-0.15, -0.1) is 0 Å². The maximum atomic E-state index is 14.6. The van der Waals surface area contributed by atoms with Gasteiger partial charge in [-0.2, -0.15) is 0 Å². The Labute approximate surface area is 292 Å². The van der Waals surface area contributed by atoms with Crippen molar-refractivity contribution in [1.29, 1.82) is 0 Å². The molecule has 8 rings (SSSR count). The van der Waals surface area contributed by atoms with Crippen molar-refractivity contribution in [3.8, 4) is 11.5 Å². The Morgan fingerprint density at radius 1 is 0.824 bits per heavy atom. The van der Waals surface area contributed by atoms with Crippen LogP contribution in [0.3, 0.4) is 0 Å². The van der Waals surface area contributed by atoms with Crippen LogP contribution in [0.1, 0.15) is 36.8 Å². The monoisotopic (exact) mass is 683 g/mol. The second-order valence-electron chi connectivity index (χ2n) is 13.8. The first-order chi connectivity index (χ1) is 24.6. The highest BCUT2D eigenvalue weighted by molar-refractivity contribution is 6.25. The Bertz CT molecular complexity index is 2130. The normalized spacial score (nSPS) is 26.8. The molecule has 51 heavy (non-hydrogen) atoms. The largest absolute Gasteiger partial charge is 0.508 e. The minimum absolute atomic E-state index is 0.117. The molecule has 4 aliphatic rings. The molecule has 11 nitrogen and oxygen atoms in total. The highest BCUT2D eigenvalue weighted by atomic mass is 16.6. The number of rotatable bonds is 7. The number of carbonyl (C=O) groups is 4. The molecular weight excluding hydrogens is 650 g/mol. The van der Waals surface area contributed by atoms with E-state index in [2.05, 4.69) is 0 Å². The molecule has 0 aromatic heterocycles. The highest BCUT2D eigenvalue weighted by Crippen LogP contribution is 2.64. The van der Waals surface area contributed by atoms with Crippen LogP contribution >= 0.6 is 0 Å². The van der Waals surface area contributed by atoms with Gasteiger partial charge in [0.15, 0.2) is 0 Å². The lowest BCUT2D eigenvalue weighted by Crippen LogP contribution is -2.48. The van der Waals surface area contributed by atoms with E-state index in [-0.39, 0.29) is 36.6 Å². The van der Waals surface area contributed by atoms with Gasteiger partial charge in [-0.25, -0.2) is 4.90 Å². The number of nitro benzene ring substituents is 1. The first-order valence-corrected chi connectivity index (χ1v) is 16.8. The number of nitrogens with zero attached hydrogens (tertiary/aromatic N) is 3. The Balaban J connectivity index is 1.20. The van der Waals surface area contributed by atoms with Crippen LogP contribution in [-0.2, 0) is 25.8 Å². The van der Waals surface area contributed by atoms with Gasteiger partial charge in [0, 0.05) is 29.7 Å². The molecule has 0 unspecified atom stereocenters. The molecule has 4 aromatic carbocycles. The van der Waals surface area contributed by atoms with Crippen LogP contribution in [0.5, 0.6) is 11.5 Å². The fourth-order valence-electron chi connectivity index (χ4n) is 8.76. The third-order valence-electron chi connectivity index (χ3n) is 11.2. The zero-order valence-corrected chi connectivity index (χ0v) is 27.5. The second kappa shape index (κ2) is 12.0. The van der Waals surface area contributed by atoms with Crippen LogP contribution in [0.2, 0.25) is 0 Å². The van der Waals surface area contributed by atoms with Crippen molar-refractivity contribution < 1.29 is 33.9 Å². The predicted octanol–water partition coefficient (Wildman–Crippen LogP) is 6.31. The predicted molar refractivity (Wildman–Crippen MR) is 186 cm³/mol. The second-order valence-corrected chi connectivity index (χ2v) is 13.8. The van der Waals surface area contributed by atoms with Gasteiger partial charge in [0.1, 0.15) is 18.1 Å². The van der Waals surface area contributed by atoms with Gasteiger partial charge in [-0.05, 0) is 61.6 Å². The fourth-order valence-corrected chi connectivity index (χ4v) is 8.76. The number of fused-ring (bicyclic) bond motifs is 4. The van der Waals surface area contributed by atoms with Crippen LogP contribution in [0.15, 0.2) is 115 Å². The molecule has 11 heteroatoms. The van der Waals surface area contributed by atoms with Crippen molar-refractivity contribution in [3.05, 3.63) is 136 Å². The molecule has 0 spiro atoms. The molecule has 3 fully saturated rings. The standard InChI is InChI=1S/C40H33N3O8/c1-40-32(37(46)42(39(40)48)24-10-6-3-7-11-24)21-31-28(35(40)29-17-16-27(20-33(29)44)51-22-23-8-4-2-5-9-23)18-19-30-34(31)38(47)41(36(30)45)25-12-14-26(15-13-25)43(49)50/h2-18,20,30-32,34-35,44H,19,21-22H2,1H3/t30-,31+,32-,34-,35+,40+/m0/s1. The smallest absolute Gasteiger partial charge is 0.269 e. The van der Waals surface area contributed by atoms with E-state index in [1.54, 1.807) is 49.4 Å². The Hall–Kier alpha value is -6.10. The summed E-state index contributed by atoms with van der Waals surface area (Å²) >= 11 is 0. The maximum Gasteiger partial charge on any atom is 0.269 e. The lowest BCUT2D eigenvalue weighted by molar-refractivity contribution is -0.384. The number of hydrogen-bond acceptors (Lipinski definition) is 8. The van der Waals surface area contributed by atoms with Crippen LogP contribution in [0.4, 0.5) is 17.1 Å². The summed E-state index contributed by atoms with van der Waals surface area (Å²) in [5.41, 5.74) is 1.27. The number of nitro groups is 1. The quantitative estimate of drug-likeness (QED) is 0.103. The number of phenolic OH excluding ortho intramolecular Hbond substituents is 1. The molecule has 256 valence electrons. The molecule has 4 amide bonds. The van der Waals surface area contributed by atoms with E-state index in [0.29, 0.717) is 17.0 Å². The zero-order valence-electron chi connectivity index (χ0n) is 27.5. The first-order valence-electron chi connectivity index (χ1n) is 16.8. The van der Waals surface area contributed by atoms with E-state index in [0.717, 1.165) is 16.0 Å². The third-order valence-corrected chi connectivity index (χ3v) is 11.2. The lowest BCUT2D eigenvalue weighted by Gasteiger charge is -2.49. The summed E-state index contributed by atoms with van der Waals surface area (Å²) in [7, 11) is 0. The number of allylic oxidation sites excluding steroid dienone is 2. The Kier molecular flexibility index (Phi) is 7.59. The third kappa shape index (κ3) is 4.94. The number of aromatic hydroxyl groups is 1. The molecular formula is C40H33N3O8. The van der Waals surface area contributed by atoms with E-state index in [1.165, 1.54) is 35.2 Å². The van der Waals surface area contributed by atoms with Crippen LogP contribution in [0, 0.1) is 39.2 Å². The Morgan fingerprint density at radius 2 is 1.49 bits per heavy atom. The number of anilines is 2. The molecule has 1 saturated carbocycles. The lowest BCUT2D eigenvalue weighted by atomic mass is 9.51. The van der Waals surface area contributed by atoms with Crippen molar-refractivity contribution in [2.45, 2.75) is 32.3 Å². The van der Waals surface area contributed by atoms with Crippen molar-refractivity contribution in [3.63, 3.8) is 0 Å². The van der Waals surface area contributed by atoms with Gasteiger partial charge in [0.05, 0.1) is 39.5 Å². The van der Waals surface area contributed by atoms with Gasteiger partial charge in [0.2, 0.25) is 23.6 Å². The highest BCUT2D eigenvalue weighted by Gasteiger charge is 2.68. The zero-order chi connectivity index (χ0) is 35.6. The molecule has 0 radical (unpaired) electrons. The average Bonchev–Trinajstić information content (AvgIpc) is 3.51. The number of hydrogen-bond donors (Lipinski definition) is 1. The summed E-state index contributed by atoms with van der Waals surface area (Å²) in [5.74, 6) is -5.17. The molecule has 2 saturated heterocycles. The number of phenols is 1. The van der Waals surface area contributed by atoms with E-state index in [4.69, 9.17) is 4.74 Å². The number of benzene rings is 4. The van der Waals surface area contributed by atoms with Gasteiger partial charge in [-0.1, -0.05) is 66.2 Å². The summed E-state index contributed by atoms with van der Waals surface area (Å²) in [6, 6.07) is 28.5. The Morgan fingerprint density at radius 3 is 2.16 bits per heavy atom. The summed E-state index contributed by atoms with van der Waals surface area (Å²) in [5, 5.41) is 22.9. The van der Waals surface area contributed by atoms with Crippen LogP contribution in [0.25, 0.3) is 0 Å². The van der Waals surface area contributed by atoms with E-state index in [1.807, 2.05) is 36.4 Å². The summed E-state index contributed by atoms with van der Waals surface area (Å²) in [6.07, 6.45) is 2.27. The average molecular weight is 684 g/mol. The summed E-state index contributed by atoms with van der Waals surface area (Å²) in [4.78, 5) is 70.1. The minimum Gasteiger partial charge on any atom is -0.508 e. The molecule has 2 heterocycles. The van der Waals surface area contributed by atoms with Gasteiger partial charge < -0.3 is 9.84 Å². The molecule has 1 N–H and O–H groups in total. The number of para-hydroxylation sites is 1. The SMILES string of the molecule is C[C@@]12C(=O)N(c3ccccc3)C(=O)[C@@H]1C[C@@H]1C(=CC[C@@H]3C(=O)N(c4ccc([N+](=O)[O-])cc4)C(=O)[C@@H]31)[C@@H]2c1ccc(OCc2ccccc2)cc1O. The molecule has 0 bridgehead atoms. The number of imide groups is 2. The first kappa shape index (κ1) is 32.1. The number of amides is 4. The van der Waals surface area contributed by atoms with Crippen molar-refractivity contribution in [2.75, 3.05) is 9.80 Å². The minimum atomic E-state index is -1.32. The maximum absolute atomic E-state index is 14.6. The fraction of sp³-hybridized carbons (Fsp3) is 0.250. The van der Waals surface area contributed by atoms with Crippen molar-refractivity contribution in [1.82, 2.24) is 0 Å². The van der Waals surface area contributed by atoms with Crippen LogP contribution < -0.4 is 14.5 Å². The van der Waals surface area contributed by atoms with Crippen molar-refractivity contribution >= 4 is 40.7 Å².